The summed E-state index contributed by atoms with van der Waals surface area (Å²) in [5, 5.41) is 9.44. The highest BCUT2D eigenvalue weighted by Gasteiger charge is 2.26. The van der Waals surface area contributed by atoms with Crippen molar-refractivity contribution in [2.45, 2.75) is 43.5 Å². The molecule has 1 fully saturated rings. The fourth-order valence-electron chi connectivity index (χ4n) is 3.65. The number of aromatic nitrogens is 4. The van der Waals surface area contributed by atoms with Gasteiger partial charge in [0.2, 0.25) is 5.91 Å². The second-order valence-corrected chi connectivity index (χ2v) is 8.62. The largest absolute Gasteiger partial charge is 0.342 e. The van der Waals surface area contributed by atoms with Crippen LogP contribution in [0, 0.1) is 6.92 Å². The molecule has 3 aromatic rings. The van der Waals surface area contributed by atoms with E-state index < -0.39 is 0 Å². The van der Waals surface area contributed by atoms with E-state index in [4.69, 9.17) is 0 Å². The van der Waals surface area contributed by atoms with E-state index in [1.165, 1.54) is 18.2 Å². The van der Waals surface area contributed by atoms with Crippen LogP contribution >= 0.6 is 11.8 Å². The van der Waals surface area contributed by atoms with Crippen molar-refractivity contribution >= 4 is 17.7 Å². The van der Waals surface area contributed by atoms with E-state index in [0.717, 1.165) is 53.7 Å². The Kier molecular flexibility index (Phi) is 5.94. The Morgan fingerprint density at radius 2 is 1.76 bits per heavy atom. The first-order valence-electron chi connectivity index (χ1n) is 10.0. The van der Waals surface area contributed by atoms with E-state index in [-0.39, 0.29) is 11.2 Å². The van der Waals surface area contributed by atoms with Crippen molar-refractivity contribution in [3.05, 3.63) is 54.4 Å². The molecule has 1 aliphatic rings. The number of para-hydroxylation sites is 1. The maximum Gasteiger partial charge on any atom is 0.235 e. The van der Waals surface area contributed by atoms with Gasteiger partial charge in [-0.25, -0.2) is 0 Å². The molecule has 3 heterocycles. The third kappa shape index (κ3) is 4.19. The fourth-order valence-corrected chi connectivity index (χ4v) is 4.59. The lowest BCUT2D eigenvalue weighted by Gasteiger charge is -2.28. The van der Waals surface area contributed by atoms with Gasteiger partial charge in [0.05, 0.1) is 10.9 Å². The number of hydrogen-bond acceptors (Lipinski definition) is 5. The molecule has 0 bridgehead atoms. The molecule has 0 spiro atoms. The predicted molar refractivity (Wildman–Crippen MR) is 115 cm³/mol. The number of carbonyl (C=O) groups excluding carboxylic acids is 1. The summed E-state index contributed by atoms with van der Waals surface area (Å²) in [7, 11) is 0. The highest BCUT2D eigenvalue weighted by atomic mass is 32.2. The van der Waals surface area contributed by atoms with E-state index >= 15 is 0 Å². The maximum atomic E-state index is 12.9. The van der Waals surface area contributed by atoms with Gasteiger partial charge >= 0.3 is 0 Å². The summed E-state index contributed by atoms with van der Waals surface area (Å²) in [4.78, 5) is 19.0. The highest BCUT2D eigenvalue weighted by Crippen LogP contribution is 2.32. The number of hydrogen-bond donors (Lipinski definition) is 0. The maximum absolute atomic E-state index is 12.9. The van der Waals surface area contributed by atoms with E-state index in [0.29, 0.717) is 0 Å². The van der Waals surface area contributed by atoms with Crippen molar-refractivity contribution in [1.82, 2.24) is 24.6 Å². The minimum absolute atomic E-state index is 0.180. The van der Waals surface area contributed by atoms with Crippen molar-refractivity contribution in [3.8, 4) is 17.1 Å². The van der Waals surface area contributed by atoms with Gasteiger partial charge in [0.15, 0.2) is 11.0 Å². The Hall–Kier alpha value is -2.67. The van der Waals surface area contributed by atoms with Crippen LogP contribution in [0.25, 0.3) is 17.1 Å². The number of nitrogens with zero attached hydrogens (tertiary/aromatic N) is 5. The molecule has 6 nitrogen and oxygen atoms in total. The summed E-state index contributed by atoms with van der Waals surface area (Å²) >= 11 is 1.47. The molecule has 1 aliphatic heterocycles. The van der Waals surface area contributed by atoms with E-state index in [1.807, 2.05) is 36.1 Å². The van der Waals surface area contributed by atoms with Gasteiger partial charge in [-0.3, -0.25) is 14.3 Å². The Bertz CT molecular complexity index is 982. The number of thioether (sulfide) groups is 1. The molecule has 0 saturated carbocycles. The van der Waals surface area contributed by atoms with Crippen LogP contribution in [0.4, 0.5) is 0 Å². The Morgan fingerprint density at radius 1 is 1.03 bits per heavy atom. The topological polar surface area (TPSA) is 63.9 Å². The molecule has 1 aromatic carbocycles. The lowest BCUT2D eigenvalue weighted by atomic mass is 10.1. The first kappa shape index (κ1) is 19.6. The molecule has 150 valence electrons. The van der Waals surface area contributed by atoms with Crippen molar-refractivity contribution in [3.63, 3.8) is 0 Å². The van der Waals surface area contributed by atoms with E-state index in [2.05, 4.69) is 38.8 Å². The van der Waals surface area contributed by atoms with E-state index in [1.54, 1.807) is 12.4 Å². The molecule has 0 N–H and O–H groups in total. The molecule has 1 unspecified atom stereocenters. The van der Waals surface area contributed by atoms with Crippen LogP contribution < -0.4 is 0 Å². The second kappa shape index (κ2) is 8.78. The van der Waals surface area contributed by atoms with Gasteiger partial charge in [0.25, 0.3) is 0 Å². The predicted octanol–water partition coefficient (Wildman–Crippen LogP) is 4.13. The zero-order chi connectivity index (χ0) is 20.2. The Balaban J connectivity index is 1.69. The molecule has 29 heavy (non-hydrogen) atoms. The molecule has 0 aliphatic carbocycles. The van der Waals surface area contributed by atoms with Crippen LogP contribution in [-0.2, 0) is 4.79 Å². The average molecular weight is 408 g/mol. The first-order chi connectivity index (χ1) is 14.1. The number of likely N-dealkylation sites (tertiary alicyclic amines) is 1. The highest BCUT2D eigenvalue weighted by molar-refractivity contribution is 8.00. The third-order valence-electron chi connectivity index (χ3n) is 5.23. The van der Waals surface area contributed by atoms with Crippen molar-refractivity contribution in [2.75, 3.05) is 13.1 Å². The van der Waals surface area contributed by atoms with Gasteiger partial charge in [0, 0.05) is 31.0 Å². The molecule has 1 amide bonds. The van der Waals surface area contributed by atoms with Crippen LogP contribution in [0.1, 0.15) is 31.7 Å². The molecule has 1 atom stereocenters. The van der Waals surface area contributed by atoms with Gasteiger partial charge in [-0.05, 0) is 56.9 Å². The van der Waals surface area contributed by atoms with Crippen molar-refractivity contribution in [2.24, 2.45) is 0 Å². The third-order valence-corrected chi connectivity index (χ3v) is 6.26. The molecule has 4 rings (SSSR count). The van der Waals surface area contributed by atoms with Gasteiger partial charge in [-0.15, -0.1) is 10.2 Å². The number of carbonyl (C=O) groups is 1. The monoisotopic (exact) mass is 407 g/mol. The molecule has 2 aromatic heterocycles. The number of aryl methyl sites for hydroxylation is 1. The minimum atomic E-state index is -0.217. The van der Waals surface area contributed by atoms with E-state index in [9.17, 15) is 4.79 Å². The summed E-state index contributed by atoms with van der Waals surface area (Å²) in [6.45, 7) is 5.75. The summed E-state index contributed by atoms with van der Waals surface area (Å²) < 4.78 is 2.05. The Morgan fingerprint density at radius 3 is 2.48 bits per heavy atom. The van der Waals surface area contributed by atoms with Crippen LogP contribution in [0.3, 0.4) is 0 Å². The lowest BCUT2D eigenvalue weighted by Crippen LogP contribution is -2.40. The molecule has 1 saturated heterocycles. The van der Waals surface area contributed by atoms with Gasteiger partial charge in [-0.1, -0.05) is 30.0 Å². The first-order valence-corrected chi connectivity index (χ1v) is 10.9. The van der Waals surface area contributed by atoms with Gasteiger partial charge < -0.3 is 4.90 Å². The number of pyridine rings is 1. The van der Waals surface area contributed by atoms with Crippen molar-refractivity contribution in [1.29, 1.82) is 0 Å². The molecule has 7 heteroatoms. The molecule has 0 radical (unpaired) electrons. The second-order valence-electron chi connectivity index (χ2n) is 7.31. The fraction of sp³-hybridized carbons (Fsp3) is 0.364. The number of benzene rings is 1. The standard InChI is InChI=1S/C22H25N5OS/c1-16-8-4-5-9-19(16)27-20(18-10-12-23-13-11-18)24-25-22(27)29-17(2)21(28)26-14-6-3-7-15-26/h4-5,8-13,17H,3,6-7,14-15H2,1-2H3. The smallest absolute Gasteiger partial charge is 0.235 e. The summed E-state index contributed by atoms with van der Waals surface area (Å²) in [5.74, 6) is 0.932. The quantitative estimate of drug-likeness (QED) is 0.595. The Labute approximate surface area is 175 Å². The summed E-state index contributed by atoms with van der Waals surface area (Å²) in [6.07, 6.45) is 6.90. The average Bonchev–Trinajstić information content (AvgIpc) is 3.18. The van der Waals surface area contributed by atoms with Gasteiger partial charge in [-0.2, -0.15) is 0 Å². The lowest BCUT2D eigenvalue weighted by molar-refractivity contribution is -0.131. The SMILES string of the molecule is Cc1ccccc1-n1c(SC(C)C(=O)N2CCCCC2)nnc1-c1ccncc1. The normalized spacial score (nSPS) is 15.3. The van der Waals surface area contributed by atoms with Crippen LogP contribution in [-0.4, -0.2) is 48.9 Å². The van der Waals surface area contributed by atoms with Crippen LogP contribution in [0.2, 0.25) is 0 Å². The number of piperidine rings is 1. The number of amides is 1. The van der Waals surface area contributed by atoms with Crippen LogP contribution in [0.5, 0.6) is 0 Å². The molecular formula is C22H25N5OS. The number of rotatable bonds is 5. The summed E-state index contributed by atoms with van der Waals surface area (Å²) in [6, 6.07) is 12.0. The molecular weight excluding hydrogens is 382 g/mol. The van der Waals surface area contributed by atoms with Crippen LogP contribution in [0.15, 0.2) is 53.9 Å². The minimum Gasteiger partial charge on any atom is -0.342 e. The van der Waals surface area contributed by atoms with Gasteiger partial charge in [0.1, 0.15) is 0 Å². The zero-order valence-electron chi connectivity index (χ0n) is 16.8. The van der Waals surface area contributed by atoms with Crippen molar-refractivity contribution < 1.29 is 4.79 Å². The zero-order valence-corrected chi connectivity index (χ0v) is 17.6. The summed E-state index contributed by atoms with van der Waals surface area (Å²) in [5.41, 5.74) is 3.08.